The van der Waals surface area contributed by atoms with Crippen molar-refractivity contribution in [2.45, 2.75) is 125 Å². The number of nitrogens with zero attached hydrogens (tertiary/aromatic N) is 2. The first kappa shape index (κ1) is 52.4. The molecule has 7 amide bonds. The third-order valence-electron chi connectivity index (χ3n) is 12.4. The van der Waals surface area contributed by atoms with Crippen molar-refractivity contribution in [1.29, 1.82) is 0 Å². The molecule has 4 aliphatic rings. The van der Waals surface area contributed by atoms with Crippen LogP contribution in [0, 0.1) is 5.92 Å². The van der Waals surface area contributed by atoms with Crippen LogP contribution in [0.5, 0.6) is 11.5 Å². The van der Waals surface area contributed by atoms with E-state index in [1.807, 2.05) is 5.32 Å². The molecule has 0 aliphatic carbocycles. The second-order valence-corrected chi connectivity index (χ2v) is 17.6. The average Bonchev–Trinajstić information content (AvgIpc) is 3.97. The maximum atomic E-state index is 14.3. The summed E-state index contributed by atoms with van der Waals surface area (Å²) in [6, 6.07) is -3.11. The third kappa shape index (κ3) is 11.7. The van der Waals surface area contributed by atoms with E-state index in [0.717, 1.165) is 35.8 Å². The maximum Gasteiger partial charge on any atom is 0.491 e. The van der Waals surface area contributed by atoms with Gasteiger partial charge in [-0.2, -0.15) is 0 Å². The number of phenolic OH excluding ortho intramolecular Hbond substituents is 1. The van der Waals surface area contributed by atoms with Crippen LogP contribution in [0.25, 0.3) is 0 Å². The molecule has 26 nitrogen and oxygen atoms in total. The van der Waals surface area contributed by atoms with Gasteiger partial charge in [-0.1, -0.05) is 25.1 Å². The van der Waals surface area contributed by atoms with Gasteiger partial charge in [0, 0.05) is 31.8 Å². The number of amides is 7. The number of hydrogen-bond acceptors (Lipinski definition) is 19. The number of carbonyl (C=O) groups excluding carboxylic acids is 7. The number of benzene rings is 2. The minimum absolute atomic E-state index is 0.0646. The molecule has 0 aromatic heterocycles. The van der Waals surface area contributed by atoms with E-state index in [4.69, 9.17) is 9.39 Å². The van der Waals surface area contributed by atoms with Crippen molar-refractivity contribution in [1.82, 2.24) is 36.4 Å². The van der Waals surface area contributed by atoms with Crippen LogP contribution in [0.1, 0.15) is 50.8 Å². The fraction of sp³-hybridized carbons (Fsp3) is 0.548. The van der Waals surface area contributed by atoms with Crippen molar-refractivity contribution >= 4 is 54.1 Å². The molecule has 6 rings (SSSR count). The van der Waals surface area contributed by atoms with E-state index in [-0.39, 0.29) is 35.7 Å². The van der Waals surface area contributed by atoms with Gasteiger partial charge in [-0.15, -0.1) is 0 Å². The van der Waals surface area contributed by atoms with Gasteiger partial charge in [-0.3, -0.25) is 28.8 Å². The summed E-state index contributed by atoms with van der Waals surface area (Å²) in [5, 5.41) is 120. The van der Waals surface area contributed by atoms with E-state index >= 15 is 0 Å². The SMILES string of the molecule is C[C@@H](O)[C@@H]1NC(=O)[C@@H](NC(=O)Oc2ccc3c(c2)B(O)OC3)C[C@@H](O)[C@@H](O)NC(=O)[C@@H]2[C@@H](O)[C@@H](C)CN2C(=O)[C@H]([C@@H](C)O)NC(=O)[C@H]([C@H](O)[C@@H](O)c2ccc(O)cc2)NC(=O)C2C[C@@H](O)CN2C1=O. The summed E-state index contributed by atoms with van der Waals surface area (Å²) < 4.78 is 10.5. The Hall–Kier alpha value is -6.01. The van der Waals surface area contributed by atoms with E-state index in [0.29, 0.717) is 5.56 Å². The molecule has 0 spiro atoms. The predicted octanol–water partition coefficient (Wildman–Crippen LogP) is -7.25. The Morgan fingerprint density at radius 3 is 2.03 bits per heavy atom. The lowest BCUT2D eigenvalue weighted by Gasteiger charge is -2.34. The zero-order valence-electron chi connectivity index (χ0n) is 37.4. The number of phenols is 1. The van der Waals surface area contributed by atoms with Gasteiger partial charge >= 0.3 is 13.2 Å². The number of ether oxygens (including phenoxy) is 1. The van der Waals surface area contributed by atoms with E-state index in [1.54, 1.807) is 0 Å². The molecular weight excluding hydrogens is 917 g/mol. The minimum Gasteiger partial charge on any atom is -0.508 e. The van der Waals surface area contributed by atoms with E-state index in [2.05, 4.69) is 21.3 Å². The summed E-state index contributed by atoms with van der Waals surface area (Å²) in [6.07, 6.45) is -18.4. The number of hydrogen-bond donors (Lipinski definition) is 15. The Bertz CT molecular complexity index is 2260. The monoisotopic (exact) mass is 973 g/mol. The largest absolute Gasteiger partial charge is 0.508 e. The van der Waals surface area contributed by atoms with Gasteiger partial charge < -0.3 is 96.8 Å². The molecule has 4 heterocycles. The minimum atomic E-state index is -2.33. The highest BCUT2D eigenvalue weighted by atomic mass is 16.6. The molecule has 3 saturated heterocycles. The van der Waals surface area contributed by atoms with Crippen LogP contribution in [0.3, 0.4) is 0 Å². The molecule has 15 N–H and O–H groups in total. The summed E-state index contributed by atoms with van der Waals surface area (Å²) in [6.45, 7) is 2.64. The van der Waals surface area contributed by atoms with Crippen LogP contribution >= 0.6 is 0 Å². The quantitative estimate of drug-likeness (QED) is 0.115. The van der Waals surface area contributed by atoms with E-state index in [1.165, 1.54) is 37.3 Å². The van der Waals surface area contributed by atoms with Crippen molar-refractivity contribution in [2.24, 2.45) is 5.92 Å². The number of nitrogens with one attached hydrogen (secondary N) is 5. The molecule has 0 saturated carbocycles. The topological polar surface area (TPSA) is 407 Å². The molecule has 27 heteroatoms. The lowest BCUT2D eigenvalue weighted by Crippen LogP contribution is -2.64. The van der Waals surface area contributed by atoms with Crippen LogP contribution in [0.2, 0.25) is 0 Å². The molecule has 2 aromatic carbocycles. The Morgan fingerprint density at radius 1 is 0.783 bits per heavy atom. The first-order chi connectivity index (χ1) is 32.5. The summed E-state index contributed by atoms with van der Waals surface area (Å²) in [5.41, 5.74) is 0.768. The molecule has 69 heavy (non-hydrogen) atoms. The van der Waals surface area contributed by atoms with Crippen molar-refractivity contribution < 1.29 is 93.9 Å². The standard InChI is InChI=1S/C42H56BN7O19/c1-16-13-50-31(32(16)56)39(63)48-37(61)27(55)12-25(44-42(66)69-23-9-6-20-15-68-43(67)24(20)11-23)35(59)45-28(17(2)51)40(64)49-14-22(54)10-26(49)36(60)47-30(38(62)46-29(18(3)52)41(50)65)34(58)33(57)19-4-7-21(53)8-5-19/h4-9,11,16-18,22,25-34,37,51-58,61,67H,10,12-15H2,1-3H3,(H,44,66)(H,45,59)(H,46,62)(H,47,60)(H,48,63)/t16-,17+,18+,22+,25-,26?,27+,28-,29-,30-,31-,32-,33-,34-,37+/m0/s1. The molecule has 2 aromatic rings. The number of fused-ring (bicyclic) bond motifs is 3. The number of aromatic hydroxyl groups is 1. The smallest absolute Gasteiger partial charge is 0.491 e. The van der Waals surface area contributed by atoms with E-state index in [9.17, 15) is 84.5 Å². The van der Waals surface area contributed by atoms with Gasteiger partial charge in [0.25, 0.3) is 0 Å². The average molecular weight is 974 g/mol. The highest BCUT2D eigenvalue weighted by molar-refractivity contribution is 6.61. The lowest BCUT2D eigenvalue weighted by molar-refractivity contribution is -0.148. The van der Waals surface area contributed by atoms with Gasteiger partial charge in [0.05, 0.1) is 31.0 Å². The number of rotatable bonds is 7. The first-order valence-electron chi connectivity index (χ1n) is 21.9. The molecular formula is C42H56BN7O19. The number of aliphatic hydroxyl groups is 8. The van der Waals surface area contributed by atoms with Gasteiger partial charge in [0.15, 0.2) is 6.23 Å². The molecule has 1 unspecified atom stereocenters. The Balaban J connectivity index is 1.38. The molecule has 15 atom stereocenters. The number of carbonyl (C=O) groups is 7. The van der Waals surface area contributed by atoms with Crippen molar-refractivity contribution in [3.05, 3.63) is 53.6 Å². The predicted molar refractivity (Wildman–Crippen MR) is 232 cm³/mol. The zero-order chi connectivity index (χ0) is 50.8. The van der Waals surface area contributed by atoms with Crippen LogP contribution in [0.15, 0.2) is 42.5 Å². The van der Waals surface area contributed by atoms with Crippen LogP contribution < -0.4 is 36.8 Å². The normalized spacial score (nSPS) is 31.4. The Kier molecular flexibility index (Phi) is 16.5. The molecule has 4 aliphatic heterocycles. The van der Waals surface area contributed by atoms with Gasteiger partial charge in [0.2, 0.25) is 35.4 Å². The van der Waals surface area contributed by atoms with Crippen LogP contribution in [-0.2, 0) is 40.0 Å². The zero-order valence-corrected chi connectivity index (χ0v) is 37.4. The van der Waals surface area contributed by atoms with Crippen molar-refractivity contribution in [2.75, 3.05) is 13.1 Å². The summed E-state index contributed by atoms with van der Waals surface area (Å²) in [5.74, 6) is -8.95. The molecule has 3 fully saturated rings. The summed E-state index contributed by atoms with van der Waals surface area (Å²) in [7, 11) is -1.34. The summed E-state index contributed by atoms with van der Waals surface area (Å²) in [4.78, 5) is 99.7. The van der Waals surface area contributed by atoms with Crippen LogP contribution in [0.4, 0.5) is 4.79 Å². The fourth-order valence-corrected chi connectivity index (χ4v) is 8.56. The Labute approximate surface area is 393 Å². The maximum absolute atomic E-state index is 14.3. The van der Waals surface area contributed by atoms with E-state index < -0.39 is 159 Å². The second kappa shape index (κ2) is 21.7. The lowest BCUT2D eigenvalue weighted by atomic mass is 9.79. The van der Waals surface area contributed by atoms with Gasteiger partial charge in [0.1, 0.15) is 66.1 Å². The Morgan fingerprint density at radius 2 is 1.39 bits per heavy atom. The fourth-order valence-electron chi connectivity index (χ4n) is 8.56. The molecule has 0 bridgehead atoms. The van der Waals surface area contributed by atoms with Crippen molar-refractivity contribution in [3.8, 4) is 11.5 Å². The first-order valence-corrected chi connectivity index (χ1v) is 21.9. The van der Waals surface area contributed by atoms with Crippen LogP contribution in [-0.4, -0.2) is 202 Å². The summed E-state index contributed by atoms with van der Waals surface area (Å²) >= 11 is 0. The van der Waals surface area contributed by atoms with Crippen molar-refractivity contribution in [3.63, 3.8) is 0 Å². The molecule has 0 radical (unpaired) electrons. The molecule has 376 valence electrons. The number of aliphatic hydroxyl groups excluding tert-OH is 8. The highest BCUT2D eigenvalue weighted by Crippen LogP contribution is 2.28. The van der Waals surface area contributed by atoms with Gasteiger partial charge in [-0.25, -0.2) is 4.79 Å². The highest BCUT2D eigenvalue weighted by Gasteiger charge is 2.50. The van der Waals surface area contributed by atoms with Gasteiger partial charge in [-0.05, 0) is 54.7 Å². The second-order valence-electron chi connectivity index (χ2n) is 17.6. The third-order valence-corrected chi connectivity index (χ3v) is 12.4.